The number of carbonyl (C=O) groups is 1. The van der Waals surface area contributed by atoms with Crippen molar-refractivity contribution in [3.05, 3.63) is 45.2 Å². The second kappa shape index (κ2) is 4.88. The van der Waals surface area contributed by atoms with E-state index in [9.17, 15) is 9.59 Å². The second-order valence-corrected chi connectivity index (χ2v) is 4.94. The van der Waals surface area contributed by atoms with Gasteiger partial charge in [0.05, 0.1) is 11.9 Å². The summed E-state index contributed by atoms with van der Waals surface area (Å²) >= 11 is 0. The van der Waals surface area contributed by atoms with Crippen molar-refractivity contribution < 1.29 is 9.90 Å². The molecule has 0 bridgehead atoms. The Bertz CT molecular complexity index is 713. The van der Waals surface area contributed by atoms with Gasteiger partial charge in [-0.25, -0.2) is 0 Å². The van der Waals surface area contributed by atoms with Gasteiger partial charge in [-0.3, -0.25) is 9.59 Å². The molecule has 0 fully saturated rings. The van der Waals surface area contributed by atoms with Crippen molar-refractivity contribution in [2.75, 3.05) is 0 Å². The van der Waals surface area contributed by atoms with Gasteiger partial charge in [0.15, 0.2) is 0 Å². The van der Waals surface area contributed by atoms with E-state index < -0.39 is 5.97 Å². The maximum atomic E-state index is 12.1. The van der Waals surface area contributed by atoms with Crippen LogP contribution in [0.5, 0.6) is 0 Å². The van der Waals surface area contributed by atoms with Crippen molar-refractivity contribution >= 4 is 16.9 Å². The van der Waals surface area contributed by atoms with E-state index in [1.807, 2.05) is 32.9 Å². The zero-order valence-electron chi connectivity index (χ0n) is 11.4. The standard InChI is InChI=1S/C15H17NO3/c1-9-6-11(3)15-12(7-9)10(2)8-13(17)16(15)5-4-14(18)19/h6-8H,4-5H2,1-3H3,(H,18,19). The Labute approximate surface area is 111 Å². The molecule has 0 radical (unpaired) electrons. The monoisotopic (exact) mass is 259 g/mol. The van der Waals surface area contributed by atoms with Crippen LogP contribution >= 0.6 is 0 Å². The summed E-state index contributed by atoms with van der Waals surface area (Å²) in [6.45, 7) is 6.07. The first-order chi connectivity index (χ1) is 8.90. The number of hydrogen-bond acceptors (Lipinski definition) is 2. The predicted molar refractivity (Wildman–Crippen MR) is 74.7 cm³/mol. The van der Waals surface area contributed by atoms with Crippen LogP contribution in [0.3, 0.4) is 0 Å². The van der Waals surface area contributed by atoms with E-state index in [1.165, 1.54) is 0 Å². The van der Waals surface area contributed by atoms with Crippen LogP contribution in [0, 0.1) is 20.8 Å². The molecule has 1 aromatic heterocycles. The number of aromatic nitrogens is 1. The minimum Gasteiger partial charge on any atom is -0.481 e. The molecule has 4 heteroatoms. The normalized spacial score (nSPS) is 10.9. The summed E-state index contributed by atoms with van der Waals surface area (Å²) in [7, 11) is 0. The highest BCUT2D eigenvalue weighted by Crippen LogP contribution is 2.22. The Morgan fingerprint density at radius 1 is 1.16 bits per heavy atom. The van der Waals surface area contributed by atoms with Crippen molar-refractivity contribution in [2.24, 2.45) is 0 Å². The van der Waals surface area contributed by atoms with Gasteiger partial charge in [0.25, 0.3) is 5.56 Å². The van der Waals surface area contributed by atoms with Gasteiger partial charge in [0, 0.05) is 18.0 Å². The Morgan fingerprint density at radius 2 is 1.84 bits per heavy atom. The third kappa shape index (κ3) is 2.52. The summed E-state index contributed by atoms with van der Waals surface area (Å²) < 4.78 is 1.56. The maximum Gasteiger partial charge on any atom is 0.305 e. The molecule has 0 aliphatic carbocycles. The molecule has 0 aliphatic heterocycles. The van der Waals surface area contributed by atoms with Crippen LogP contribution in [0.1, 0.15) is 23.1 Å². The molecular weight excluding hydrogens is 242 g/mol. The number of hydrogen-bond donors (Lipinski definition) is 1. The highest BCUT2D eigenvalue weighted by atomic mass is 16.4. The highest BCUT2D eigenvalue weighted by Gasteiger charge is 2.10. The van der Waals surface area contributed by atoms with Crippen LogP contribution in [-0.2, 0) is 11.3 Å². The number of nitrogens with zero attached hydrogens (tertiary/aromatic N) is 1. The summed E-state index contributed by atoms with van der Waals surface area (Å²) in [6, 6.07) is 5.62. The van der Waals surface area contributed by atoms with E-state index in [4.69, 9.17) is 5.11 Å². The lowest BCUT2D eigenvalue weighted by Gasteiger charge is -2.14. The summed E-state index contributed by atoms with van der Waals surface area (Å²) in [4.78, 5) is 22.8. The number of aliphatic carboxylic acids is 1. The third-order valence-electron chi connectivity index (χ3n) is 3.29. The fourth-order valence-corrected chi connectivity index (χ4v) is 2.50. The maximum absolute atomic E-state index is 12.1. The van der Waals surface area contributed by atoms with Crippen molar-refractivity contribution in [2.45, 2.75) is 33.7 Å². The first-order valence-electron chi connectivity index (χ1n) is 6.23. The molecule has 0 saturated heterocycles. The first kappa shape index (κ1) is 13.3. The molecule has 4 nitrogen and oxygen atoms in total. The Morgan fingerprint density at radius 3 is 2.47 bits per heavy atom. The van der Waals surface area contributed by atoms with Crippen LogP contribution in [0.25, 0.3) is 10.9 Å². The predicted octanol–water partition coefficient (Wildman–Crippen LogP) is 2.40. The number of pyridine rings is 1. The van der Waals surface area contributed by atoms with E-state index in [-0.39, 0.29) is 18.5 Å². The fraction of sp³-hybridized carbons (Fsp3) is 0.333. The average molecular weight is 259 g/mol. The van der Waals surface area contributed by atoms with E-state index >= 15 is 0 Å². The number of rotatable bonds is 3. The van der Waals surface area contributed by atoms with Crippen LogP contribution in [0.4, 0.5) is 0 Å². The van der Waals surface area contributed by atoms with Crippen LogP contribution < -0.4 is 5.56 Å². The van der Waals surface area contributed by atoms with Gasteiger partial charge >= 0.3 is 5.97 Å². The van der Waals surface area contributed by atoms with Gasteiger partial charge in [-0.1, -0.05) is 11.6 Å². The van der Waals surface area contributed by atoms with Gasteiger partial charge in [0.1, 0.15) is 0 Å². The van der Waals surface area contributed by atoms with Crippen LogP contribution in [-0.4, -0.2) is 15.6 Å². The summed E-state index contributed by atoms with van der Waals surface area (Å²) in [6.07, 6.45) is -0.0502. The van der Waals surface area contributed by atoms with Gasteiger partial charge < -0.3 is 9.67 Å². The molecule has 0 atom stereocenters. The lowest BCUT2D eigenvalue weighted by molar-refractivity contribution is -0.137. The zero-order chi connectivity index (χ0) is 14.2. The molecular formula is C15H17NO3. The number of aryl methyl sites for hydroxylation is 4. The van der Waals surface area contributed by atoms with Crippen molar-refractivity contribution in [1.82, 2.24) is 4.57 Å². The van der Waals surface area contributed by atoms with Crippen molar-refractivity contribution in [3.63, 3.8) is 0 Å². The number of fused-ring (bicyclic) bond motifs is 1. The van der Waals surface area contributed by atoms with Gasteiger partial charge in [-0.15, -0.1) is 0 Å². The quantitative estimate of drug-likeness (QED) is 0.920. The number of benzene rings is 1. The molecule has 0 unspecified atom stereocenters. The molecule has 1 aromatic carbocycles. The lowest BCUT2D eigenvalue weighted by Crippen LogP contribution is -2.22. The molecule has 19 heavy (non-hydrogen) atoms. The van der Waals surface area contributed by atoms with Crippen LogP contribution in [0.2, 0.25) is 0 Å². The molecule has 0 aliphatic rings. The van der Waals surface area contributed by atoms with Crippen molar-refractivity contribution in [1.29, 1.82) is 0 Å². The van der Waals surface area contributed by atoms with E-state index in [2.05, 4.69) is 0 Å². The SMILES string of the molecule is Cc1cc(C)c2c(c1)c(C)cc(=O)n2CCC(=O)O. The summed E-state index contributed by atoms with van der Waals surface area (Å²) in [5.41, 5.74) is 3.77. The summed E-state index contributed by atoms with van der Waals surface area (Å²) in [5, 5.41) is 9.81. The van der Waals surface area contributed by atoms with Gasteiger partial charge in [0.2, 0.25) is 0 Å². The second-order valence-electron chi connectivity index (χ2n) is 4.94. The molecule has 1 heterocycles. The highest BCUT2D eigenvalue weighted by molar-refractivity contribution is 5.86. The molecule has 0 saturated carbocycles. The number of carboxylic acid groups (broad SMARTS) is 1. The minimum atomic E-state index is -0.898. The topological polar surface area (TPSA) is 59.3 Å². The molecule has 2 aromatic rings. The van der Waals surface area contributed by atoms with Gasteiger partial charge in [-0.2, -0.15) is 0 Å². The molecule has 1 N–H and O–H groups in total. The fourth-order valence-electron chi connectivity index (χ4n) is 2.50. The molecule has 100 valence electrons. The zero-order valence-corrected chi connectivity index (χ0v) is 11.4. The smallest absolute Gasteiger partial charge is 0.305 e. The Balaban J connectivity index is 2.75. The van der Waals surface area contributed by atoms with E-state index in [1.54, 1.807) is 10.6 Å². The Kier molecular flexibility index (Phi) is 3.42. The number of carboxylic acids is 1. The lowest BCUT2D eigenvalue weighted by atomic mass is 10.0. The average Bonchev–Trinajstić information content (AvgIpc) is 2.29. The van der Waals surface area contributed by atoms with Crippen LogP contribution in [0.15, 0.2) is 23.0 Å². The largest absolute Gasteiger partial charge is 0.481 e. The first-order valence-corrected chi connectivity index (χ1v) is 6.23. The molecule has 0 amide bonds. The van der Waals surface area contributed by atoms with E-state index in [0.717, 1.165) is 27.6 Å². The third-order valence-corrected chi connectivity index (χ3v) is 3.29. The summed E-state index contributed by atoms with van der Waals surface area (Å²) in [5.74, 6) is -0.898. The molecule has 2 rings (SSSR count). The Hall–Kier alpha value is -2.10. The van der Waals surface area contributed by atoms with Gasteiger partial charge in [-0.05, 0) is 38.0 Å². The molecule has 0 spiro atoms. The minimum absolute atomic E-state index is 0.0502. The van der Waals surface area contributed by atoms with Crippen molar-refractivity contribution in [3.8, 4) is 0 Å². The van der Waals surface area contributed by atoms with E-state index in [0.29, 0.717) is 0 Å².